The number of esters is 2. The van der Waals surface area contributed by atoms with Gasteiger partial charge in [-0.1, -0.05) is 139 Å². The van der Waals surface area contributed by atoms with Gasteiger partial charge in [-0.15, -0.1) is 0 Å². The number of aliphatic hydroxyl groups excluding tert-OH is 3. The van der Waals surface area contributed by atoms with Crippen molar-refractivity contribution in [2.75, 3.05) is 13.2 Å². The Kier molecular flexibility index (Phi) is 36.2. The molecule has 1 aliphatic rings. The van der Waals surface area contributed by atoms with Crippen molar-refractivity contribution in [2.45, 2.75) is 211 Å². The number of hydrogen-bond acceptors (Lipinski definition) is 14. The molecule has 0 bridgehead atoms. The maximum absolute atomic E-state index is 13.1. The van der Waals surface area contributed by atoms with Crippen LogP contribution in [0.4, 0.5) is 0 Å². The van der Waals surface area contributed by atoms with Crippen molar-refractivity contribution >= 4 is 35.4 Å². The van der Waals surface area contributed by atoms with Crippen molar-refractivity contribution in [2.24, 2.45) is 0 Å². The smallest absolute Gasteiger partial charge is 0.462 e. The monoisotopic (exact) mass is 1040 g/mol. The number of ether oxygens (including phenoxy) is 2. The Bertz CT molecular complexity index is 1670. The van der Waals surface area contributed by atoms with Gasteiger partial charge in [0.15, 0.2) is 6.10 Å². The number of carbonyl (C=O) groups is 2. The molecule has 0 amide bonds. The molecule has 22 heteroatoms. The highest BCUT2D eigenvalue weighted by molar-refractivity contribution is 7.47. The molecule has 69 heavy (non-hydrogen) atoms. The minimum Gasteiger partial charge on any atom is -0.462 e. The largest absolute Gasteiger partial charge is 0.472 e. The van der Waals surface area contributed by atoms with Crippen molar-refractivity contribution in [3.05, 3.63) is 60.8 Å². The molecule has 0 spiro atoms. The zero-order chi connectivity index (χ0) is 51.4. The maximum atomic E-state index is 13.1. The van der Waals surface area contributed by atoms with Crippen LogP contribution in [0.2, 0.25) is 0 Å². The highest BCUT2D eigenvalue weighted by Crippen LogP contribution is 2.51. The quantitative estimate of drug-likeness (QED) is 0.0122. The molecule has 400 valence electrons. The molecule has 0 saturated heterocycles. The second kappa shape index (κ2) is 38.5. The molecule has 0 aromatic carbocycles. The summed E-state index contributed by atoms with van der Waals surface area (Å²) in [6.07, 6.45) is 26.7. The highest BCUT2D eigenvalue weighted by atomic mass is 31.2. The standard InChI is InChI=1S/C47H83O19P3/c1-3-5-7-9-11-13-15-17-19-20-22-23-25-27-29-31-33-35-40(48)61-37-39(63-41(49)36-34-32-30-28-26-24-21-18-16-14-12-10-8-6-4-2)38-62-69(59,60)66-45-42(50)43(51)46(64-67(53,54)55)47(44(45)52)65-68(56,57)58/h11,13-14,16-17,19,22-23,27,29,39,42-47,50-52H,3-10,12,15,18,20-21,24-26,28,30-38H2,1-2H3,(H,59,60)(H2,53,54,55)(H2,56,57,58)/t39-,42?,43?,44?,45+,46?,47+/m1/s1. The predicted octanol–water partition coefficient (Wildman–Crippen LogP) is 9.18. The third-order valence-corrected chi connectivity index (χ3v) is 12.8. The summed E-state index contributed by atoms with van der Waals surface area (Å²) >= 11 is 0. The van der Waals surface area contributed by atoms with Crippen molar-refractivity contribution in [3.8, 4) is 0 Å². The fourth-order valence-corrected chi connectivity index (χ4v) is 9.19. The van der Waals surface area contributed by atoms with Crippen LogP contribution in [-0.2, 0) is 50.9 Å². The second-order valence-corrected chi connectivity index (χ2v) is 20.8. The van der Waals surface area contributed by atoms with Gasteiger partial charge >= 0.3 is 35.4 Å². The van der Waals surface area contributed by atoms with E-state index in [1.807, 2.05) is 18.2 Å². The molecule has 8 atom stereocenters. The van der Waals surface area contributed by atoms with E-state index in [1.54, 1.807) is 0 Å². The van der Waals surface area contributed by atoms with Crippen molar-refractivity contribution in [3.63, 3.8) is 0 Å². The van der Waals surface area contributed by atoms with Gasteiger partial charge in [0, 0.05) is 12.8 Å². The van der Waals surface area contributed by atoms with E-state index >= 15 is 0 Å². The summed E-state index contributed by atoms with van der Waals surface area (Å²) in [6, 6.07) is 0. The first-order chi connectivity index (χ1) is 32.8. The molecule has 19 nitrogen and oxygen atoms in total. The summed E-state index contributed by atoms with van der Waals surface area (Å²) in [5.74, 6) is -1.37. The summed E-state index contributed by atoms with van der Waals surface area (Å²) < 4.78 is 65.5. The molecule has 1 fully saturated rings. The third kappa shape index (κ3) is 34.8. The Morgan fingerprint density at radius 2 is 0.855 bits per heavy atom. The Hall–Kier alpha value is -2.15. The summed E-state index contributed by atoms with van der Waals surface area (Å²) in [6.45, 7) is 2.85. The Morgan fingerprint density at radius 1 is 0.464 bits per heavy atom. The summed E-state index contributed by atoms with van der Waals surface area (Å²) in [5.41, 5.74) is 0. The predicted molar refractivity (Wildman–Crippen MR) is 261 cm³/mol. The fourth-order valence-electron chi connectivity index (χ4n) is 7.10. The van der Waals surface area contributed by atoms with Gasteiger partial charge in [0.1, 0.15) is 43.2 Å². The van der Waals surface area contributed by atoms with Crippen LogP contribution in [0.3, 0.4) is 0 Å². The molecule has 5 unspecified atom stereocenters. The average molecular weight is 1050 g/mol. The lowest BCUT2D eigenvalue weighted by molar-refractivity contribution is -0.213. The average Bonchev–Trinajstić information content (AvgIpc) is 3.28. The summed E-state index contributed by atoms with van der Waals surface area (Å²) in [7, 11) is -16.6. The number of phosphoric acid groups is 3. The van der Waals surface area contributed by atoms with E-state index in [0.29, 0.717) is 19.3 Å². The lowest BCUT2D eigenvalue weighted by Crippen LogP contribution is -2.65. The Morgan fingerprint density at radius 3 is 1.38 bits per heavy atom. The molecule has 0 heterocycles. The molecular formula is C47H83O19P3. The molecule has 1 saturated carbocycles. The zero-order valence-corrected chi connectivity index (χ0v) is 43.3. The molecule has 8 N–H and O–H groups in total. The van der Waals surface area contributed by atoms with Crippen LogP contribution >= 0.6 is 23.5 Å². The molecule has 1 rings (SSSR count). The first-order valence-corrected chi connectivity index (χ1v) is 29.1. The van der Waals surface area contributed by atoms with Crippen LogP contribution in [0, 0.1) is 0 Å². The van der Waals surface area contributed by atoms with E-state index in [-0.39, 0.29) is 12.8 Å². The number of rotatable bonds is 41. The van der Waals surface area contributed by atoms with Gasteiger partial charge < -0.3 is 49.3 Å². The van der Waals surface area contributed by atoms with Gasteiger partial charge in [0.05, 0.1) is 6.61 Å². The van der Waals surface area contributed by atoms with Gasteiger partial charge in [-0.25, -0.2) is 13.7 Å². The molecule has 0 aromatic heterocycles. The second-order valence-electron chi connectivity index (χ2n) is 17.0. The van der Waals surface area contributed by atoms with E-state index in [2.05, 4.69) is 65.4 Å². The van der Waals surface area contributed by atoms with Gasteiger partial charge in [-0.2, -0.15) is 0 Å². The van der Waals surface area contributed by atoms with Gasteiger partial charge in [-0.05, 0) is 77.0 Å². The maximum Gasteiger partial charge on any atom is 0.472 e. The summed E-state index contributed by atoms with van der Waals surface area (Å²) in [5, 5.41) is 31.9. The lowest BCUT2D eigenvalue weighted by atomic mass is 9.85. The van der Waals surface area contributed by atoms with Crippen LogP contribution in [0.15, 0.2) is 60.8 Å². The van der Waals surface area contributed by atoms with E-state index in [1.165, 1.54) is 44.9 Å². The normalized spacial score (nSPS) is 21.8. The molecule has 1 aliphatic carbocycles. The minimum atomic E-state index is -5.61. The van der Waals surface area contributed by atoms with Crippen LogP contribution in [0.25, 0.3) is 0 Å². The van der Waals surface area contributed by atoms with Gasteiger partial charge in [-0.3, -0.25) is 27.7 Å². The highest BCUT2D eigenvalue weighted by Gasteiger charge is 2.56. The minimum absolute atomic E-state index is 0.00132. The number of phosphoric ester groups is 3. The molecule has 0 aliphatic heterocycles. The van der Waals surface area contributed by atoms with Crippen LogP contribution in [0.1, 0.15) is 168 Å². The Balaban J connectivity index is 2.76. The van der Waals surface area contributed by atoms with Crippen LogP contribution in [0.5, 0.6) is 0 Å². The fraction of sp³-hybridized carbons (Fsp3) is 0.745. The molecular weight excluding hydrogens is 961 g/mol. The summed E-state index contributed by atoms with van der Waals surface area (Å²) in [4.78, 5) is 73.2. The topological polar surface area (TPSA) is 303 Å². The van der Waals surface area contributed by atoms with E-state index in [0.717, 1.165) is 77.0 Å². The first kappa shape index (κ1) is 64.9. The van der Waals surface area contributed by atoms with Crippen molar-refractivity contribution in [1.82, 2.24) is 0 Å². The van der Waals surface area contributed by atoms with Crippen molar-refractivity contribution in [1.29, 1.82) is 0 Å². The van der Waals surface area contributed by atoms with Crippen LogP contribution < -0.4 is 0 Å². The zero-order valence-electron chi connectivity index (χ0n) is 40.6. The third-order valence-electron chi connectivity index (χ3n) is 10.8. The number of aliphatic hydroxyl groups is 3. The van der Waals surface area contributed by atoms with Gasteiger partial charge in [0.2, 0.25) is 0 Å². The number of unbranched alkanes of at least 4 members (excludes halogenated alkanes) is 15. The number of carbonyl (C=O) groups excluding carboxylic acids is 2. The molecule has 0 aromatic rings. The first-order valence-electron chi connectivity index (χ1n) is 24.6. The lowest BCUT2D eigenvalue weighted by Gasteiger charge is -2.44. The van der Waals surface area contributed by atoms with Crippen LogP contribution in [-0.4, -0.2) is 108 Å². The number of hydrogen-bond donors (Lipinski definition) is 8. The van der Waals surface area contributed by atoms with Crippen molar-refractivity contribution < 1.29 is 90.6 Å². The number of allylic oxidation sites excluding steroid dienone is 10. The van der Waals surface area contributed by atoms with E-state index in [9.17, 15) is 63.1 Å². The molecule has 0 radical (unpaired) electrons. The van der Waals surface area contributed by atoms with Gasteiger partial charge in [0.25, 0.3) is 0 Å². The SMILES string of the molecule is CCCCCC=CCC=CCC=CCC=CCCCC(=O)OC[C@H](COP(=O)(O)O[C@H]1C(O)C(O)C(OP(=O)(O)O)[C@@H](OP(=O)(O)O)C1O)OC(=O)CCCCCCCCCC=CCCCCCC. The Labute approximate surface area is 409 Å². The van der Waals surface area contributed by atoms with E-state index in [4.69, 9.17) is 18.5 Å². The van der Waals surface area contributed by atoms with E-state index < -0.39 is 91.3 Å².